The largest absolute Gasteiger partial charge is 0.303 e. The molecule has 1 fully saturated rings. The fourth-order valence-electron chi connectivity index (χ4n) is 4.34. The molecule has 4 rings (SSSR count). The van der Waals surface area contributed by atoms with E-state index >= 15 is 0 Å². The molecule has 34 heavy (non-hydrogen) atoms. The van der Waals surface area contributed by atoms with Gasteiger partial charge in [-0.1, -0.05) is 17.7 Å². The third kappa shape index (κ3) is 6.30. The monoisotopic (exact) mass is 477 g/mol. The molecule has 2 aromatic carbocycles. The number of likely N-dealkylation sites (tertiary alicyclic amines) is 1. The average molecular weight is 478 g/mol. The van der Waals surface area contributed by atoms with E-state index in [0.29, 0.717) is 11.3 Å². The second kappa shape index (κ2) is 10.9. The number of aryl methyl sites for hydroxylation is 2. The molecular formula is C27H31N3O3S. The topological polar surface area (TPSA) is 79.4 Å². The lowest BCUT2D eigenvalue weighted by Crippen LogP contribution is -2.37. The molecule has 0 atom stereocenters. The van der Waals surface area contributed by atoms with Gasteiger partial charge in [-0.3, -0.25) is 14.5 Å². The number of nitrogens with one attached hydrogen (secondary N) is 1. The maximum atomic E-state index is 13.0. The van der Waals surface area contributed by atoms with E-state index in [0.717, 1.165) is 50.9 Å². The quantitative estimate of drug-likeness (QED) is 0.451. The van der Waals surface area contributed by atoms with Crippen LogP contribution < -0.4 is 4.72 Å². The van der Waals surface area contributed by atoms with E-state index in [2.05, 4.69) is 26.7 Å². The summed E-state index contributed by atoms with van der Waals surface area (Å²) in [6.07, 6.45) is 7.52. The van der Waals surface area contributed by atoms with E-state index < -0.39 is 10.0 Å². The van der Waals surface area contributed by atoms with Crippen molar-refractivity contribution in [3.05, 3.63) is 89.7 Å². The second-order valence-corrected chi connectivity index (χ2v) is 10.6. The molecule has 1 aromatic heterocycles. The first kappa shape index (κ1) is 24.1. The molecule has 1 aliphatic heterocycles. The summed E-state index contributed by atoms with van der Waals surface area (Å²) in [4.78, 5) is 19.7. The third-order valence-corrected chi connectivity index (χ3v) is 7.80. The number of Topliss-reactive ketones (excluding diaryl/α,β-unsaturated/α-hetero) is 1. The number of rotatable bonds is 9. The van der Waals surface area contributed by atoms with Crippen LogP contribution in [0.5, 0.6) is 0 Å². The number of carbonyl (C=O) groups excluding carboxylic acids is 1. The van der Waals surface area contributed by atoms with Gasteiger partial charge >= 0.3 is 0 Å². The van der Waals surface area contributed by atoms with Gasteiger partial charge in [0.2, 0.25) is 0 Å². The molecule has 1 aliphatic rings. The molecule has 0 spiro atoms. The number of aromatic nitrogens is 1. The summed E-state index contributed by atoms with van der Waals surface area (Å²) >= 11 is 0. The van der Waals surface area contributed by atoms with Crippen molar-refractivity contribution in [2.45, 2.75) is 37.5 Å². The van der Waals surface area contributed by atoms with Crippen LogP contribution in [0, 0.1) is 12.8 Å². The Bertz CT molecular complexity index is 1190. The number of ketones is 1. The summed E-state index contributed by atoms with van der Waals surface area (Å²) in [5, 5.41) is 0. The van der Waals surface area contributed by atoms with Crippen LogP contribution >= 0.6 is 0 Å². The van der Waals surface area contributed by atoms with Crippen molar-refractivity contribution in [1.82, 2.24) is 9.88 Å². The van der Waals surface area contributed by atoms with Crippen molar-refractivity contribution in [2.75, 3.05) is 24.4 Å². The Kier molecular flexibility index (Phi) is 7.75. The van der Waals surface area contributed by atoms with Crippen LogP contribution in [0.3, 0.4) is 0 Å². The van der Waals surface area contributed by atoms with E-state index in [9.17, 15) is 13.2 Å². The van der Waals surface area contributed by atoms with Crippen molar-refractivity contribution in [3.8, 4) is 0 Å². The Balaban J connectivity index is 1.26. The molecule has 6 nitrogen and oxygen atoms in total. The Hall–Kier alpha value is -3.03. The molecular weight excluding hydrogens is 446 g/mol. The molecule has 178 valence electrons. The Morgan fingerprint density at radius 1 is 0.971 bits per heavy atom. The van der Waals surface area contributed by atoms with Crippen LogP contribution in [-0.2, 0) is 16.4 Å². The molecule has 0 radical (unpaired) electrons. The lowest BCUT2D eigenvalue weighted by atomic mass is 9.88. The number of hydrogen-bond acceptors (Lipinski definition) is 5. The van der Waals surface area contributed by atoms with E-state index in [1.165, 1.54) is 5.56 Å². The minimum Gasteiger partial charge on any atom is -0.303 e. The number of sulfonamides is 1. The highest BCUT2D eigenvalue weighted by Crippen LogP contribution is 2.24. The average Bonchev–Trinajstić information content (AvgIpc) is 2.85. The van der Waals surface area contributed by atoms with Crippen LogP contribution in [0.1, 0.15) is 40.7 Å². The van der Waals surface area contributed by atoms with Gasteiger partial charge in [0.05, 0.1) is 4.90 Å². The van der Waals surface area contributed by atoms with Gasteiger partial charge in [0.1, 0.15) is 0 Å². The fourth-order valence-corrected chi connectivity index (χ4v) is 5.40. The van der Waals surface area contributed by atoms with E-state index in [1.807, 2.05) is 19.3 Å². The summed E-state index contributed by atoms with van der Waals surface area (Å²) < 4.78 is 27.7. The van der Waals surface area contributed by atoms with Crippen LogP contribution in [0.2, 0.25) is 0 Å². The Morgan fingerprint density at radius 3 is 2.26 bits per heavy atom. The number of anilines is 1. The molecule has 3 aromatic rings. The first-order chi connectivity index (χ1) is 16.4. The Morgan fingerprint density at radius 2 is 1.62 bits per heavy atom. The van der Waals surface area contributed by atoms with Crippen LogP contribution in [0.25, 0.3) is 0 Å². The maximum Gasteiger partial charge on any atom is 0.261 e. The minimum atomic E-state index is -3.66. The van der Waals surface area contributed by atoms with Crippen molar-refractivity contribution < 1.29 is 13.2 Å². The van der Waals surface area contributed by atoms with Gasteiger partial charge in [0, 0.05) is 29.6 Å². The standard InChI is InChI=1S/C27H31N3O3S/c1-21-4-10-26(11-5-21)34(32,33)29-25-8-6-23(7-9-25)27(31)24-14-19-30(20-15-24)18-2-3-22-12-16-28-17-13-22/h4-13,16-17,24,29H,2-3,14-15,18-20H2,1H3. The van der Waals surface area contributed by atoms with E-state index in [1.54, 1.807) is 48.5 Å². The van der Waals surface area contributed by atoms with Crippen molar-refractivity contribution in [3.63, 3.8) is 0 Å². The first-order valence-corrected chi connectivity index (χ1v) is 13.2. The number of benzene rings is 2. The zero-order valence-electron chi connectivity index (χ0n) is 19.5. The van der Waals surface area contributed by atoms with Gasteiger partial charge < -0.3 is 4.90 Å². The number of nitrogens with zero attached hydrogens (tertiary/aromatic N) is 2. The van der Waals surface area contributed by atoms with Crippen molar-refractivity contribution >= 4 is 21.5 Å². The predicted molar refractivity (Wildman–Crippen MR) is 134 cm³/mol. The molecule has 0 aliphatic carbocycles. The van der Waals surface area contributed by atoms with Gasteiger partial charge in [-0.2, -0.15) is 0 Å². The van der Waals surface area contributed by atoms with Gasteiger partial charge in [0.15, 0.2) is 5.78 Å². The molecule has 7 heteroatoms. The van der Waals surface area contributed by atoms with Crippen LogP contribution in [0.4, 0.5) is 5.69 Å². The lowest BCUT2D eigenvalue weighted by Gasteiger charge is -2.31. The zero-order valence-corrected chi connectivity index (χ0v) is 20.3. The van der Waals surface area contributed by atoms with Gasteiger partial charge in [-0.25, -0.2) is 8.42 Å². The number of carbonyl (C=O) groups is 1. The van der Waals surface area contributed by atoms with Crippen LogP contribution in [-0.4, -0.2) is 43.7 Å². The number of piperidine rings is 1. The third-order valence-electron chi connectivity index (χ3n) is 6.40. The van der Waals surface area contributed by atoms with Gasteiger partial charge in [-0.15, -0.1) is 0 Å². The maximum absolute atomic E-state index is 13.0. The van der Waals surface area contributed by atoms with E-state index in [-0.39, 0.29) is 16.6 Å². The highest BCUT2D eigenvalue weighted by molar-refractivity contribution is 7.92. The smallest absolute Gasteiger partial charge is 0.261 e. The minimum absolute atomic E-state index is 0.0200. The summed E-state index contributed by atoms with van der Waals surface area (Å²) in [6.45, 7) is 4.81. The molecule has 1 saturated heterocycles. The summed E-state index contributed by atoms with van der Waals surface area (Å²) in [5.74, 6) is 0.163. The highest BCUT2D eigenvalue weighted by atomic mass is 32.2. The highest BCUT2D eigenvalue weighted by Gasteiger charge is 2.25. The normalized spacial score (nSPS) is 15.2. The number of hydrogen-bond donors (Lipinski definition) is 1. The van der Waals surface area contributed by atoms with Gasteiger partial charge in [0.25, 0.3) is 10.0 Å². The number of pyridine rings is 1. The molecule has 0 amide bonds. The molecule has 1 N–H and O–H groups in total. The second-order valence-electron chi connectivity index (χ2n) is 8.94. The Labute approximate surface area is 202 Å². The molecule has 0 saturated carbocycles. The molecule has 0 bridgehead atoms. The summed E-state index contributed by atoms with van der Waals surface area (Å²) in [5.41, 5.74) is 3.39. The fraction of sp³-hybridized carbons (Fsp3) is 0.333. The predicted octanol–water partition coefficient (Wildman–Crippen LogP) is 4.72. The van der Waals surface area contributed by atoms with Crippen LogP contribution in [0.15, 0.2) is 78.0 Å². The summed E-state index contributed by atoms with van der Waals surface area (Å²) in [7, 11) is -3.66. The summed E-state index contributed by atoms with van der Waals surface area (Å²) in [6, 6.07) is 17.6. The van der Waals surface area contributed by atoms with Gasteiger partial charge in [-0.05, 0) is 106 Å². The SMILES string of the molecule is Cc1ccc(S(=O)(=O)Nc2ccc(C(=O)C3CCN(CCCc4ccncc4)CC3)cc2)cc1. The molecule has 2 heterocycles. The zero-order chi connectivity index (χ0) is 24.0. The molecule has 0 unspecified atom stereocenters. The van der Waals surface area contributed by atoms with Crippen molar-refractivity contribution in [1.29, 1.82) is 0 Å². The lowest BCUT2D eigenvalue weighted by molar-refractivity contribution is 0.0839. The van der Waals surface area contributed by atoms with E-state index in [4.69, 9.17) is 0 Å². The first-order valence-electron chi connectivity index (χ1n) is 11.8. The van der Waals surface area contributed by atoms with Crippen molar-refractivity contribution in [2.24, 2.45) is 5.92 Å².